The molecule has 4 heteroatoms. The molecular formula is C15H20N2OS. The number of anilines is 1. The third-order valence-corrected chi connectivity index (χ3v) is 5.13. The van der Waals surface area contributed by atoms with Gasteiger partial charge in [0.15, 0.2) is 5.13 Å². The molecule has 1 aromatic carbocycles. The van der Waals surface area contributed by atoms with E-state index in [0.29, 0.717) is 0 Å². The molecule has 2 aromatic rings. The Morgan fingerprint density at radius 1 is 1.42 bits per heavy atom. The van der Waals surface area contributed by atoms with Gasteiger partial charge in [0.05, 0.1) is 17.3 Å². The van der Waals surface area contributed by atoms with E-state index in [2.05, 4.69) is 23.3 Å². The summed E-state index contributed by atoms with van der Waals surface area (Å²) in [7, 11) is 1.70. The maximum Gasteiger partial charge on any atom is 0.183 e. The number of benzene rings is 1. The Hall–Kier alpha value is -1.29. The molecule has 102 valence electrons. The Bertz CT molecular complexity index is 566. The fourth-order valence-corrected chi connectivity index (χ4v) is 3.75. The summed E-state index contributed by atoms with van der Waals surface area (Å²) in [5.74, 6) is 2.55. The van der Waals surface area contributed by atoms with Crippen LogP contribution in [0.15, 0.2) is 18.2 Å². The van der Waals surface area contributed by atoms with Gasteiger partial charge < -0.3 is 10.1 Å². The molecule has 19 heavy (non-hydrogen) atoms. The van der Waals surface area contributed by atoms with Crippen LogP contribution in [0.3, 0.4) is 0 Å². The standard InChI is InChI=1S/C15H20N2OS/c1-10-4-3-5-11(10)9-16-15-17-13-7-6-12(18-2)8-14(13)19-15/h6-8,10-11H,3-5,9H2,1-2H3,(H,16,17). The average Bonchev–Trinajstić information content (AvgIpc) is 3.01. The fraction of sp³-hybridized carbons (Fsp3) is 0.533. The largest absolute Gasteiger partial charge is 0.497 e. The summed E-state index contributed by atoms with van der Waals surface area (Å²) < 4.78 is 6.43. The number of hydrogen-bond acceptors (Lipinski definition) is 4. The summed E-state index contributed by atoms with van der Waals surface area (Å²) in [5, 5.41) is 4.54. The number of methoxy groups -OCH3 is 1. The molecule has 1 aliphatic carbocycles. The predicted molar refractivity (Wildman–Crippen MR) is 81.2 cm³/mol. The second kappa shape index (κ2) is 5.37. The Morgan fingerprint density at radius 2 is 2.32 bits per heavy atom. The first kappa shape index (κ1) is 12.7. The zero-order valence-electron chi connectivity index (χ0n) is 11.5. The number of nitrogens with zero attached hydrogens (tertiary/aromatic N) is 1. The van der Waals surface area contributed by atoms with Gasteiger partial charge >= 0.3 is 0 Å². The smallest absolute Gasteiger partial charge is 0.183 e. The predicted octanol–water partition coefficient (Wildman–Crippen LogP) is 4.15. The van der Waals surface area contributed by atoms with Gasteiger partial charge in [-0.1, -0.05) is 31.1 Å². The van der Waals surface area contributed by atoms with E-state index in [1.807, 2.05) is 12.1 Å². The van der Waals surface area contributed by atoms with E-state index in [1.165, 1.54) is 24.0 Å². The molecule has 0 amide bonds. The Labute approximate surface area is 118 Å². The highest BCUT2D eigenvalue weighted by Crippen LogP contribution is 2.33. The molecule has 0 bridgehead atoms. The van der Waals surface area contributed by atoms with Crippen molar-refractivity contribution in [3.63, 3.8) is 0 Å². The third-order valence-electron chi connectivity index (χ3n) is 4.15. The Kier molecular flexibility index (Phi) is 3.60. The fourth-order valence-electron chi connectivity index (χ4n) is 2.85. The number of hydrogen-bond donors (Lipinski definition) is 1. The molecule has 0 radical (unpaired) electrons. The molecule has 1 fully saturated rings. The average molecular weight is 276 g/mol. The molecule has 2 unspecified atom stereocenters. The molecule has 0 saturated heterocycles. The van der Waals surface area contributed by atoms with Crippen LogP contribution in [0.25, 0.3) is 10.2 Å². The van der Waals surface area contributed by atoms with E-state index in [-0.39, 0.29) is 0 Å². The molecule has 1 heterocycles. The van der Waals surface area contributed by atoms with Gasteiger partial charge in [-0.05, 0) is 36.5 Å². The summed E-state index contributed by atoms with van der Waals surface area (Å²) >= 11 is 1.71. The van der Waals surface area contributed by atoms with Crippen LogP contribution in [0.5, 0.6) is 5.75 Å². The molecule has 0 aliphatic heterocycles. The van der Waals surface area contributed by atoms with E-state index in [0.717, 1.165) is 34.8 Å². The van der Waals surface area contributed by atoms with Gasteiger partial charge in [-0.25, -0.2) is 4.98 Å². The summed E-state index contributed by atoms with van der Waals surface area (Å²) in [4.78, 5) is 4.63. The van der Waals surface area contributed by atoms with Gasteiger partial charge in [-0.15, -0.1) is 0 Å². The van der Waals surface area contributed by atoms with Crippen LogP contribution in [-0.4, -0.2) is 18.6 Å². The Balaban J connectivity index is 1.71. The van der Waals surface area contributed by atoms with E-state index < -0.39 is 0 Å². The summed E-state index contributed by atoms with van der Waals surface area (Å²) in [6.45, 7) is 3.42. The maximum absolute atomic E-state index is 5.25. The second-order valence-corrected chi connectivity index (χ2v) is 6.43. The van der Waals surface area contributed by atoms with Crippen molar-refractivity contribution in [2.24, 2.45) is 11.8 Å². The van der Waals surface area contributed by atoms with Crippen molar-refractivity contribution in [3.8, 4) is 5.75 Å². The number of nitrogens with one attached hydrogen (secondary N) is 1. The second-order valence-electron chi connectivity index (χ2n) is 5.40. The van der Waals surface area contributed by atoms with E-state index in [9.17, 15) is 0 Å². The van der Waals surface area contributed by atoms with Crippen molar-refractivity contribution in [3.05, 3.63) is 18.2 Å². The summed E-state index contributed by atoms with van der Waals surface area (Å²) in [5.41, 5.74) is 1.05. The lowest BCUT2D eigenvalue weighted by Crippen LogP contribution is -2.16. The monoisotopic (exact) mass is 276 g/mol. The van der Waals surface area contributed by atoms with Crippen LogP contribution in [0, 0.1) is 11.8 Å². The molecule has 1 aliphatic rings. The molecule has 1 aromatic heterocycles. The highest BCUT2D eigenvalue weighted by atomic mass is 32.1. The first-order valence-corrected chi connectivity index (χ1v) is 7.76. The van der Waals surface area contributed by atoms with Gasteiger partial charge in [0.1, 0.15) is 5.75 Å². The minimum absolute atomic E-state index is 0.807. The van der Waals surface area contributed by atoms with E-state index in [4.69, 9.17) is 4.74 Å². The van der Waals surface area contributed by atoms with Crippen molar-refractivity contribution in [2.75, 3.05) is 19.0 Å². The van der Waals surface area contributed by atoms with Crippen molar-refractivity contribution in [1.29, 1.82) is 0 Å². The van der Waals surface area contributed by atoms with Gasteiger partial charge in [0.25, 0.3) is 0 Å². The SMILES string of the molecule is COc1ccc2nc(NCC3CCCC3C)sc2c1. The molecular weight excluding hydrogens is 256 g/mol. The zero-order chi connectivity index (χ0) is 13.2. The summed E-state index contributed by atoms with van der Waals surface area (Å²) in [6.07, 6.45) is 4.11. The van der Waals surface area contributed by atoms with Crippen LogP contribution >= 0.6 is 11.3 Å². The first-order valence-electron chi connectivity index (χ1n) is 6.94. The third kappa shape index (κ3) is 2.68. The van der Waals surface area contributed by atoms with Crippen LogP contribution in [0.1, 0.15) is 26.2 Å². The normalized spacial score (nSPS) is 22.8. The summed E-state index contributed by atoms with van der Waals surface area (Å²) in [6, 6.07) is 6.04. The van der Waals surface area contributed by atoms with Gasteiger partial charge in [0.2, 0.25) is 0 Å². The van der Waals surface area contributed by atoms with Gasteiger partial charge in [0, 0.05) is 6.54 Å². The lowest BCUT2D eigenvalue weighted by molar-refractivity contribution is 0.415. The lowest BCUT2D eigenvalue weighted by atomic mass is 9.98. The minimum atomic E-state index is 0.807. The van der Waals surface area contributed by atoms with Crippen molar-refractivity contribution in [1.82, 2.24) is 4.98 Å². The van der Waals surface area contributed by atoms with Crippen LogP contribution in [0.2, 0.25) is 0 Å². The molecule has 3 rings (SSSR count). The number of rotatable bonds is 4. The number of thiazole rings is 1. The van der Waals surface area contributed by atoms with Crippen LogP contribution < -0.4 is 10.1 Å². The zero-order valence-corrected chi connectivity index (χ0v) is 12.3. The highest BCUT2D eigenvalue weighted by Gasteiger charge is 2.23. The van der Waals surface area contributed by atoms with Crippen molar-refractivity contribution < 1.29 is 4.74 Å². The van der Waals surface area contributed by atoms with Crippen LogP contribution in [0.4, 0.5) is 5.13 Å². The molecule has 1 saturated carbocycles. The van der Waals surface area contributed by atoms with Crippen LogP contribution in [-0.2, 0) is 0 Å². The topological polar surface area (TPSA) is 34.1 Å². The molecule has 0 spiro atoms. The quantitative estimate of drug-likeness (QED) is 0.910. The number of ether oxygens (including phenoxy) is 1. The highest BCUT2D eigenvalue weighted by molar-refractivity contribution is 7.22. The van der Waals surface area contributed by atoms with Gasteiger partial charge in [-0.3, -0.25) is 0 Å². The van der Waals surface area contributed by atoms with Gasteiger partial charge in [-0.2, -0.15) is 0 Å². The van der Waals surface area contributed by atoms with Crippen molar-refractivity contribution >= 4 is 26.7 Å². The lowest BCUT2D eigenvalue weighted by Gasteiger charge is -2.14. The first-order chi connectivity index (χ1) is 9.26. The maximum atomic E-state index is 5.25. The molecule has 3 nitrogen and oxygen atoms in total. The number of aromatic nitrogens is 1. The van der Waals surface area contributed by atoms with Crippen molar-refractivity contribution in [2.45, 2.75) is 26.2 Å². The minimum Gasteiger partial charge on any atom is -0.497 e. The molecule has 1 N–H and O–H groups in total. The van der Waals surface area contributed by atoms with E-state index >= 15 is 0 Å². The molecule has 2 atom stereocenters. The number of fused-ring (bicyclic) bond motifs is 1. The van der Waals surface area contributed by atoms with E-state index in [1.54, 1.807) is 18.4 Å². The Morgan fingerprint density at radius 3 is 3.05 bits per heavy atom.